The van der Waals surface area contributed by atoms with Gasteiger partial charge in [0.25, 0.3) is 0 Å². The van der Waals surface area contributed by atoms with Gasteiger partial charge < -0.3 is 17.1 Å². The highest BCUT2D eigenvalue weighted by atomic mass is 28.5. The Hall–Kier alpha value is -0.0425. The Bertz CT molecular complexity index is 643. The van der Waals surface area contributed by atoms with Crippen LogP contribution in [0.2, 0.25) is 60.4 Å². The lowest BCUT2D eigenvalue weighted by Crippen LogP contribution is -2.64. The summed E-state index contributed by atoms with van der Waals surface area (Å²) in [6, 6.07) is 11.6. The second-order valence-corrected chi connectivity index (χ2v) is 29.6. The minimum atomic E-state index is -3.11. The molecule has 0 aliphatic heterocycles. The largest absolute Gasteiger partial charge is 0.469 e. The molecule has 262 valence electrons. The summed E-state index contributed by atoms with van der Waals surface area (Å²) < 4.78 is 29.5. The minimum absolute atomic E-state index is 0.293. The monoisotopic (exact) mass is 688 g/mol. The van der Waals surface area contributed by atoms with Crippen LogP contribution in [-0.2, 0) is 21.9 Å². The fourth-order valence-electron chi connectivity index (χ4n) is 7.62. The van der Waals surface area contributed by atoms with Crippen molar-refractivity contribution in [2.45, 2.75) is 200 Å². The van der Waals surface area contributed by atoms with Crippen LogP contribution in [0.15, 0.2) is 12.2 Å². The summed E-state index contributed by atoms with van der Waals surface area (Å²) in [7, 11) is -9.44. The fraction of sp³-hybridized carbons (Fsp3) is 0.914. The Morgan fingerprint density at radius 1 is 0.477 bits per heavy atom. The van der Waals surface area contributed by atoms with Gasteiger partial charge in [-0.15, -0.1) is 0 Å². The van der Waals surface area contributed by atoms with E-state index in [1.807, 2.05) is 0 Å². The van der Waals surface area contributed by atoms with E-state index in [1.54, 1.807) is 6.92 Å². The third-order valence-corrected chi connectivity index (χ3v) is 31.5. The topological polar surface area (TPSA) is 54.0 Å². The van der Waals surface area contributed by atoms with Crippen molar-refractivity contribution in [1.82, 2.24) is 0 Å². The summed E-state index contributed by atoms with van der Waals surface area (Å²) in [5.41, 5.74) is 0.460. The van der Waals surface area contributed by atoms with E-state index in [9.17, 15) is 4.79 Å². The molecule has 0 aromatic rings. The highest BCUT2D eigenvalue weighted by Crippen LogP contribution is 2.42. The van der Waals surface area contributed by atoms with Gasteiger partial charge in [0.1, 0.15) is 0 Å². The molecule has 0 amide bonds. The number of esters is 1. The van der Waals surface area contributed by atoms with Gasteiger partial charge >= 0.3 is 14.8 Å². The maximum absolute atomic E-state index is 12.1. The molecule has 0 N–H and O–H groups in total. The van der Waals surface area contributed by atoms with Crippen LogP contribution in [-0.4, -0.2) is 46.3 Å². The zero-order valence-electron chi connectivity index (χ0n) is 31.3. The second-order valence-electron chi connectivity index (χ2n) is 13.7. The molecule has 9 heteroatoms. The molecule has 0 heterocycles. The molecule has 0 spiro atoms. The number of rotatable bonds is 30. The summed E-state index contributed by atoms with van der Waals surface area (Å²) in [4.78, 5) is 12.1. The van der Waals surface area contributed by atoms with Crippen LogP contribution in [0, 0.1) is 0 Å². The van der Waals surface area contributed by atoms with Gasteiger partial charge in [0, 0.05) is 11.6 Å². The van der Waals surface area contributed by atoms with Crippen LogP contribution in [0.1, 0.15) is 140 Å². The van der Waals surface area contributed by atoms with Crippen LogP contribution < -0.4 is 0 Å². The van der Waals surface area contributed by atoms with Gasteiger partial charge in [0.15, 0.2) is 25.0 Å². The van der Waals surface area contributed by atoms with Crippen LogP contribution >= 0.6 is 0 Å². The molecule has 0 saturated carbocycles. The highest BCUT2D eigenvalue weighted by molar-refractivity contribution is 6.92. The number of hydrogen-bond acceptors (Lipinski definition) is 5. The van der Waals surface area contributed by atoms with Crippen LogP contribution in [0.4, 0.5) is 0 Å². The van der Waals surface area contributed by atoms with Gasteiger partial charge in [-0.1, -0.05) is 127 Å². The van der Waals surface area contributed by atoms with E-state index in [0.717, 1.165) is 76.7 Å². The molecular formula is C35H76O5Si4. The highest BCUT2D eigenvalue weighted by Gasteiger charge is 2.56. The summed E-state index contributed by atoms with van der Waals surface area (Å²) in [5.74, 6) is -0.293. The van der Waals surface area contributed by atoms with Gasteiger partial charge in [-0.05, 0) is 74.2 Å². The smallest absolute Gasteiger partial charge is 0.462 e. The molecule has 0 unspecified atom stereocenters. The quantitative estimate of drug-likeness (QED) is 0.0325. The Morgan fingerprint density at radius 2 is 0.750 bits per heavy atom. The molecule has 0 rings (SSSR count). The molecule has 0 bridgehead atoms. The lowest BCUT2D eigenvalue weighted by Gasteiger charge is -2.49. The third kappa shape index (κ3) is 15.7. The molecule has 0 aromatic heterocycles. The van der Waals surface area contributed by atoms with Crippen molar-refractivity contribution in [3.8, 4) is 0 Å². The Labute approximate surface area is 279 Å². The van der Waals surface area contributed by atoms with E-state index in [4.69, 9.17) is 17.1 Å². The summed E-state index contributed by atoms with van der Waals surface area (Å²) in [6.07, 6.45) is 12.2. The normalized spacial score (nSPS) is 13.0. The molecule has 0 fully saturated rings. The number of ether oxygens (including phenoxy) is 1. The van der Waals surface area contributed by atoms with Crippen molar-refractivity contribution < 1.29 is 21.9 Å². The number of carbonyl (C=O) groups excluding carboxylic acids is 1. The lowest BCUT2D eigenvalue weighted by atomic mass is 10.3. The first-order valence-corrected chi connectivity index (χ1v) is 28.4. The lowest BCUT2D eigenvalue weighted by molar-refractivity contribution is -0.139. The van der Waals surface area contributed by atoms with Gasteiger partial charge in [0.2, 0.25) is 0 Å². The van der Waals surface area contributed by atoms with E-state index in [-0.39, 0.29) is 5.97 Å². The molecule has 0 aliphatic carbocycles. The van der Waals surface area contributed by atoms with E-state index in [0.29, 0.717) is 12.2 Å². The van der Waals surface area contributed by atoms with E-state index < -0.39 is 33.8 Å². The first-order chi connectivity index (χ1) is 21.0. The summed E-state index contributed by atoms with van der Waals surface area (Å²) >= 11 is 0. The minimum Gasteiger partial charge on any atom is -0.462 e. The summed E-state index contributed by atoms with van der Waals surface area (Å²) in [5, 5.41) is 0. The Kier molecular flexibility index (Phi) is 24.1. The van der Waals surface area contributed by atoms with Crippen molar-refractivity contribution in [2.75, 3.05) is 6.61 Å². The Balaban J connectivity index is 7.26. The van der Waals surface area contributed by atoms with Gasteiger partial charge in [0.05, 0.1) is 6.61 Å². The predicted octanol–water partition coefficient (Wildman–Crippen LogP) is 12.4. The molecule has 44 heavy (non-hydrogen) atoms. The zero-order valence-corrected chi connectivity index (χ0v) is 35.3. The SMILES string of the molecule is C=C(C)C(=O)OCCCC[Si](O[Si](CCC)(CCC)CCC)(O[Si](CCC)(CCC)CCC)O[Si](CCC)(CCC)CCC. The average molecular weight is 689 g/mol. The number of carbonyl (C=O) groups is 1. The number of unbranched alkanes of at least 4 members (excludes halogenated alkanes) is 1. The molecule has 0 radical (unpaired) electrons. The van der Waals surface area contributed by atoms with Crippen molar-refractivity contribution >= 4 is 39.7 Å². The molecule has 0 atom stereocenters. The fourth-order valence-corrected chi connectivity index (χ4v) is 33.2. The van der Waals surface area contributed by atoms with Crippen LogP contribution in [0.3, 0.4) is 0 Å². The van der Waals surface area contributed by atoms with Crippen molar-refractivity contribution in [3.63, 3.8) is 0 Å². The standard InChI is InChI=1S/C35H76O5Si4/c1-12-24-41(25-13-2,26-14-3)38-44(33-22-21-23-37-35(36)34(10)11,39-42(27-15-4,28-16-5)29-17-6)40-43(30-18-7,31-19-8)32-20-9/h10,12-33H2,1-9,11H3. The van der Waals surface area contributed by atoms with E-state index >= 15 is 0 Å². The van der Waals surface area contributed by atoms with Crippen molar-refractivity contribution in [3.05, 3.63) is 12.2 Å². The predicted molar refractivity (Wildman–Crippen MR) is 202 cm³/mol. The van der Waals surface area contributed by atoms with Gasteiger partial charge in [-0.25, -0.2) is 4.79 Å². The van der Waals surface area contributed by atoms with Crippen molar-refractivity contribution in [2.24, 2.45) is 0 Å². The zero-order chi connectivity index (χ0) is 33.5. The average Bonchev–Trinajstić information content (AvgIpc) is 2.94. The molecule has 0 aliphatic rings. The first-order valence-electron chi connectivity index (χ1n) is 18.9. The molecule has 5 nitrogen and oxygen atoms in total. The molecular weight excluding hydrogens is 613 g/mol. The van der Waals surface area contributed by atoms with Crippen molar-refractivity contribution in [1.29, 1.82) is 0 Å². The molecule has 0 saturated heterocycles. The maximum atomic E-state index is 12.1. The van der Waals surface area contributed by atoms with Crippen LogP contribution in [0.25, 0.3) is 0 Å². The van der Waals surface area contributed by atoms with E-state index in [1.165, 1.54) is 54.4 Å². The van der Waals surface area contributed by atoms with Gasteiger partial charge in [-0.2, -0.15) is 0 Å². The van der Waals surface area contributed by atoms with Gasteiger partial charge in [-0.3, -0.25) is 0 Å². The molecule has 0 aromatic carbocycles. The van der Waals surface area contributed by atoms with E-state index in [2.05, 4.69) is 68.9 Å². The van der Waals surface area contributed by atoms with Crippen LogP contribution in [0.5, 0.6) is 0 Å². The maximum Gasteiger partial charge on any atom is 0.469 e. The second kappa shape index (κ2) is 24.2. The number of hydrogen-bond donors (Lipinski definition) is 0. The first kappa shape index (κ1) is 44.0. The summed E-state index contributed by atoms with van der Waals surface area (Å²) in [6.45, 7) is 26.9. The Morgan fingerprint density at radius 3 is 0.977 bits per heavy atom. The third-order valence-electron chi connectivity index (χ3n) is 8.93.